The van der Waals surface area contributed by atoms with Crippen molar-refractivity contribution in [1.29, 1.82) is 0 Å². The maximum absolute atomic E-state index is 2.59. The van der Waals surface area contributed by atoms with Gasteiger partial charge in [-0.15, -0.1) is 0 Å². The summed E-state index contributed by atoms with van der Waals surface area (Å²) in [5.74, 6) is 0. The van der Waals surface area contributed by atoms with E-state index in [4.69, 9.17) is 0 Å². The summed E-state index contributed by atoms with van der Waals surface area (Å²) in [5, 5.41) is 2.47. The van der Waals surface area contributed by atoms with Crippen LogP contribution in [0.4, 0.5) is 0 Å². The summed E-state index contributed by atoms with van der Waals surface area (Å²) >= 11 is 0. The largest absolute Gasteiger partial charge is 0.0819 e. The Kier molecular flexibility index (Phi) is 9.66. The summed E-state index contributed by atoms with van der Waals surface area (Å²) in [7, 11) is 1.07. The van der Waals surface area contributed by atoms with Crippen LogP contribution in [0.1, 0.15) is 195 Å². The number of benzene rings is 2. The van der Waals surface area contributed by atoms with Crippen molar-refractivity contribution in [3.05, 3.63) is 68.8 Å². The maximum Gasteiger partial charge on any atom is 0.0519 e. The Morgan fingerprint density at radius 3 is 0.977 bits per heavy atom. The van der Waals surface area contributed by atoms with Crippen molar-refractivity contribution in [2.24, 2.45) is 0 Å². The number of rotatable bonds is 2. The van der Waals surface area contributed by atoms with Crippen molar-refractivity contribution in [1.82, 2.24) is 0 Å². The molecule has 0 radical (unpaired) electrons. The smallest absolute Gasteiger partial charge is 0.0519 e. The predicted molar refractivity (Wildman–Crippen MR) is 206 cm³/mol. The monoisotopic (exact) mass is 634 g/mol. The third-order valence-electron chi connectivity index (χ3n) is 9.20. The highest BCUT2D eigenvalue weighted by molar-refractivity contribution is 7.99. The first kappa shape index (κ1) is 37.5. The molecule has 3 rings (SSSR count). The molecule has 0 bridgehead atoms. The van der Waals surface area contributed by atoms with Crippen molar-refractivity contribution < 1.29 is 0 Å². The predicted octanol–water partition coefficient (Wildman–Crippen LogP) is 13.9. The van der Waals surface area contributed by atoms with E-state index in [2.05, 4.69) is 170 Å². The molecule has 1 heterocycles. The molecule has 0 amide bonds. The van der Waals surface area contributed by atoms with Crippen LogP contribution in [0, 0.1) is 0 Å². The Morgan fingerprint density at radius 2 is 0.727 bits per heavy atom. The first-order valence-corrected chi connectivity index (χ1v) is 19.4. The number of hydrogen-bond acceptors (Lipinski definition) is 0. The van der Waals surface area contributed by atoms with Gasteiger partial charge < -0.3 is 0 Å². The van der Waals surface area contributed by atoms with Crippen LogP contribution in [0.15, 0.2) is 24.3 Å². The van der Waals surface area contributed by atoms with Gasteiger partial charge in [0.05, 0.1) is 5.40 Å². The standard InChI is InChI=1S/C42H68P2/c1-36(2,3)26-22-28(38(7,8)9)32(29(23-26)39(10,11)12)34-43-35(44(34)42(19,20)21)33-30(40(13,14)15)24-27(37(4,5)6)25-31(33)41(16,17)18/h22-25,34H,1-21H3. The van der Waals surface area contributed by atoms with Gasteiger partial charge in [0.15, 0.2) is 0 Å². The molecule has 2 aromatic carbocycles. The van der Waals surface area contributed by atoms with E-state index in [1.165, 1.54) is 19.3 Å². The lowest BCUT2D eigenvalue weighted by molar-refractivity contribution is 0.541. The van der Waals surface area contributed by atoms with E-state index in [1.807, 2.05) is 0 Å². The topological polar surface area (TPSA) is 0 Å². The zero-order valence-electron chi connectivity index (χ0n) is 32.8. The van der Waals surface area contributed by atoms with Crippen LogP contribution < -0.4 is 0 Å². The van der Waals surface area contributed by atoms with Crippen molar-refractivity contribution >= 4 is 21.2 Å². The minimum atomic E-state index is -0.443. The first-order chi connectivity index (χ1) is 19.3. The lowest BCUT2D eigenvalue weighted by Crippen LogP contribution is -2.33. The highest BCUT2D eigenvalue weighted by Crippen LogP contribution is 2.77. The number of hydrogen-bond donors (Lipinski definition) is 0. The van der Waals surface area contributed by atoms with Crippen molar-refractivity contribution in [2.45, 2.75) is 188 Å². The average Bonchev–Trinajstić information content (AvgIpc) is 2.72. The van der Waals surface area contributed by atoms with E-state index in [-0.39, 0.29) is 37.6 Å². The molecule has 0 aliphatic carbocycles. The second kappa shape index (κ2) is 11.3. The fourth-order valence-electron chi connectivity index (χ4n) is 6.46. The quantitative estimate of drug-likeness (QED) is 0.288. The van der Waals surface area contributed by atoms with Gasteiger partial charge >= 0.3 is 0 Å². The Hall–Kier alpha value is -0.960. The van der Waals surface area contributed by atoms with Gasteiger partial charge in [0.25, 0.3) is 0 Å². The van der Waals surface area contributed by atoms with Gasteiger partial charge in [-0.25, -0.2) is 0 Å². The van der Waals surface area contributed by atoms with Crippen molar-refractivity contribution in [2.75, 3.05) is 0 Å². The van der Waals surface area contributed by atoms with E-state index < -0.39 is 7.92 Å². The molecule has 0 saturated heterocycles. The Balaban J connectivity index is 2.55. The van der Waals surface area contributed by atoms with Gasteiger partial charge in [0.2, 0.25) is 0 Å². The van der Waals surface area contributed by atoms with Crippen LogP contribution in [0.25, 0.3) is 0 Å². The van der Waals surface area contributed by atoms with Gasteiger partial charge in [-0.3, -0.25) is 0 Å². The molecule has 2 aromatic rings. The minimum absolute atomic E-state index is 0.0601. The van der Waals surface area contributed by atoms with E-state index >= 15 is 0 Å². The zero-order chi connectivity index (χ0) is 34.4. The van der Waals surface area contributed by atoms with Crippen LogP contribution in [0.5, 0.6) is 0 Å². The minimum Gasteiger partial charge on any atom is -0.0819 e. The molecular formula is C42H68P2. The highest BCUT2D eigenvalue weighted by Gasteiger charge is 2.48. The van der Waals surface area contributed by atoms with Gasteiger partial charge in [-0.2, -0.15) is 0 Å². The highest BCUT2D eigenvalue weighted by atomic mass is 31.2. The van der Waals surface area contributed by atoms with Crippen molar-refractivity contribution in [3.63, 3.8) is 0 Å². The maximum atomic E-state index is 2.59. The van der Waals surface area contributed by atoms with Crippen LogP contribution in [-0.4, -0.2) is 10.2 Å². The normalized spacial score (nSPS) is 19.5. The van der Waals surface area contributed by atoms with E-state index in [0.29, 0.717) is 5.40 Å². The lowest BCUT2D eigenvalue weighted by atomic mass is 9.72. The third kappa shape index (κ3) is 7.60. The van der Waals surface area contributed by atoms with Crippen LogP contribution >= 0.6 is 16.1 Å². The summed E-state index contributed by atoms with van der Waals surface area (Å²) in [6.07, 6.45) is 0. The zero-order valence-corrected chi connectivity index (χ0v) is 34.6. The second-order valence-corrected chi connectivity index (χ2v) is 25.8. The molecule has 0 nitrogen and oxygen atoms in total. The van der Waals surface area contributed by atoms with Crippen LogP contribution in [0.3, 0.4) is 0 Å². The molecule has 0 N–H and O–H groups in total. The summed E-state index contributed by atoms with van der Waals surface area (Å²) in [4.78, 5) is 0. The Bertz CT molecular complexity index is 1350. The fourth-order valence-corrected chi connectivity index (χ4v) is 13.5. The summed E-state index contributed by atoms with van der Waals surface area (Å²) in [6, 6.07) is 10.3. The lowest BCUT2D eigenvalue weighted by Gasteiger charge is -2.49. The molecule has 1 aliphatic heterocycles. The van der Waals surface area contributed by atoms with Gasteiger partial charge in [-0.05, 0) is 90.1 Å². The van der Waals surface area contributed by atoms with Crippen molar-refractivity contribution in [3.8, 4) is 0 Å². The Morgan fingerprint density at radius 1 is 0.432 bits per heavy atom. The van der Waals surface area contributed by atoms with E-state index in [1.54, 1.807) is 38.4 Å². The first-order valence-electron chi connectivity index (χ1n) is 17.0. The van der Waals surface area contributed by atoms with Crippen LogP contribution in [-0.2, 0) is 32.5 Å². The van der Waals surface area contributed by atoms with Gasteiger partial charge in [0.1, 0.15) is 0 Å². The van der Waals surface area contributed by atoms with Crippen LogP contribution in [0.2, 0.25) is 0 Å². The van der Waals surface area contributed by atoms with E-state index in [9.17, 15) is 0 Å². The molecule has 0 saturated carbocycles. The molecule has 2 atom stereocenters. The second-order valence-electron chi connectivity index (χ2n) is 20.8. The molecule has 44 heavy (non-hydrogen) atoms. The SMILES string of the molecule is CC(C)(C)c1cc(C(C)(C)C)c(C2=PC(c3c(C(C)(C)C)cc(C(C)(C)C)cc3C(C)(C)C)P2C(C)(C)C)c(C(C)(C)C)c1. The molecule has 2 unspecified atom stereocenters. The van der Waals surface area contributed by atoms with Gasteiger partial charge in [0, 0.05) is 5.03 Å². The Labute approximate surface area is 277 Å². The molecule has 0 aromatic heterocycles. The molecular weight excluding hydrogens is 566 g/mol. The molecule has 1 aliphatic rings. The van der Waals surface area contributed by atoms with Gasteiger partial charge in [-0.1, -0.05) is 178 Å². The molecule has 0 spiro atoms. The summed E-state index contributed by atoms with van der Waals surface area (Å²) < 4.78 is 0. The average molecular weight is 635 g/mol. The molecule has 0 fully saturated rings. The van der Waals surface area contributed by atoms with E-state index in [0.717, 1.165) is 0 Å². The summed E-state index contributed by atoms with van der Waals surface area (Å²) in [5.41, 5.74) is 12.9. The summed E-state index contributed by atoms with van der Waals surface area (Å²) in [6.45, 7) is 51.0. The molecule has 246 valence electrons. The molecule has 2 heteroatoms. The fraction of sp³-hybridized carbons (Fsp3) is 0.690. The third-order valence-corrected chi connectivity index (χ3v) is 15.1.